The van der Waals surface area contributed by atoms with E-state index < -0.39 is 0 Å². The fourth-order valence-corrected chi connectivity index (χ4v) is 2.08. The summed E-state index contributed by atoms with van der Waals surface area (Å²) >= 11 is 0. The van der Waals surface area contributed by atoms with E-state index >= 15 is 0 Å². The van der Waals surface area contributed by atoms with Crippen molar-refractivity contribution in [2.24, 2.45) is 5.73 Å². The second kappa shape index (κ2) is 7.17. The Bertz CT molecular complexity index is 162. The summed E-state index contributed by atoms with van der Waals surface area (Å²) in [7, 11) is 4.12. The number of rotatable bonds is 7. The van der Waals surface area contributed by atoms with Crippen molar-refractivity contribution in [3.05, 3.63) is 0 Å². The average Bonchev–Trinajstić information content (AvgIpc) is 2.11. The van der Waals surface area contributed by atoms with E-state index in [0.29, 0.717) is 6.04 Å². The summed E-state index contributed by atoms with van der Waals surface area (Å²) in [6.45, 7) is 8.26. The Balaban J connectivity index is 4.43. The van der Waals surface area contributed by atoms with Crippen LogP contribution in [0.25, 0.3) is 0 Å². The van der Waals surface area contributed by atoms with Crippen LogP contribution in [0.15, 0.2) is 0 Å². The molecule has 0 amide bonds. The highest BCUT2D eigenvalue weighted by Crippen LogP contribution is 2.08. The van der Waals surface area contributed by atoms with Crippen molar-refractivity contribution in [3.63, 3.8) is 0 Å². The van der Waals surface area contributed by atoms with E-state index in [9.17, 15) is 5.11 Å². The van der Waals surface area contributed by atoms with Crippen LogP contribution in [0.1, 0.15) is 20.8 Å². The summed E-state index contributed by atoms with van der Waals surface area (Å²) in [6.07, 6.45) is 0. The number of nitrogens with two attached hydrogens (primary N) is 1. The van der Waals surface area contributed by atoms with Crippen molar-refractivity contribution >= 4 is 0 Å². The molecule has 0 aliphatic heterocycles. The van der Waals surface area contributed by atoms with E-state index in [-0.39, 0.29) is 18.7 Å². The van der Waals surface area contributed by atoms with Gasteiger partial charge in [-0.15, -0.1) is 0 Å². The van der Waals surface area contributed by atoms with Crippen LogP contribution >= 0.6 is 0 Å². The number of aliphatic hydroxyl groups excluding tert-OH is 1. The summed E-state index contributed by atoms with van der Waals surface area (Å²) in [4.78, 5) is 4.42. The van der Waals surface area contributed by atoms with Crippen molar-refractivity contribution in [2.75, 3.05) is 33.8 Å². The van der Waals surface area contributed by atoms with Gasteiger partial charge < -0.3 is 15.7 Å². The van der Waals surface area contributed by atoms with Crippen LogP contribution in [0.2, 0.25) is 0 Å². The highest BCUT2D eigenvalue weighted by atomic mass is 16.3. The van der Waals surface area contributed by atoms with Gasteiger partial charge in [0.25, 0.3) is 0 Å². The van der Waals surface area contributed by atoms with Crippen LogP contribution in [0.5, 0.6) is 0 Å². The zero-order valence-corrected chi connectivity index (χ0v) is 10.8. The molecule has 4 heteroatoms. The molecule has 0 heterocycles. The zero-order chi connectivity index (χ0) is 12.0. The van der Waals surface area contributed by atoms with Crippen LogP contribution in [-0.2, 0) is 0 Å². The Morgan fingerprint density at radius 2 is 1.80 bits per heavy atom. The Hall–Kier alpha value is -0.160. The van der Waals surface area contributed by atoms with Gasteiger partial charge in [-0.25, -0.2) is 0 Å². The lowest BCUT2D eigenvalue weighted by Crippen LogP contribution is -2.54. The van der Waals surface area contributed by atoms with E-state index in [4.69, 9.17) is 5.73 Å². The zero-order valence-electron chi connectivity index (χ0n) is 10.8. The molecule has 3 unspecified atom stereocenters. The minimum Gasteiger partial charge on any atom is -0.395 e. The topological polar surface area (TPSA) is 52.7 Å². The number of aliphatic hydroxyl groups is 1. The summed E-state index contributed by atoms with van der Waals surface area (Å²) in [5, 5.41) is 9.35. The van der Waals surface area contributed by atoms with Gasteiger partial charge in [0.15, 0.2) is 0 Å². The molecule has 0 aromatic rings. The lowest BCUT2D eigenvalue weighted by atomic mass is 10.1. The molecular formula is C11H27N3O. The fraction of sp³-hybridized carbons (Fsp3) is 1.00. The SMILES string of the molecule is CCN(C(C)CN(C)C)C(CO)C(C)N. The van der Waals surface area contributed by atoms with Gasteiger partial charge >= 0.3 is 0 Å². The van der Waals surface area contributed by atoms with E-state index in [1.807, 2.05) is 6.92 Å². The molecule has 0 aliphatic rings. The van der Waals surface area contributed by atoms with Gasteiger partial charge in [0.1, 0.15) is 0 Å². The summed E-state index contributed by atoms with van der Waals surface area (Å²) in [6, 6.07) is 0.470. The molecule has 4 nitrogen and oxygen atoms in total. The predicted octanol–water partition coefficient (Wildman–Crippen LogP) is -0.0335. The van der Waals surface area contributed by atoms with Crippen LogP contribution in [0.3, 0.4) is 0 Å². The van der Waals surface area contributed by atoms with Gasteiger partial charge in [0.05, 0.1) is 6.61 Å². The number of likely N-dealkylation sites (N-methyl/N-ethyl adjacent to an activating group) is 2. The Kier molecular flexibility index (Phi) is 7.09. The third kappa shape index (κ3) is 4.93. The van der Waals surface area contributed by atoms with Gasteiger partial charge in [-0.05, 0) is 34.5 Å². The van der Waals surface area contributed by atoms with Crippen LogP contribution in [0, 0.1) is 0 Å². The highest BCUT2D eigenvalue weighted by Gasteiger charge is 2.24. The molecule has 0 aromatic heterocycles. The van der Waals surface area contributed by atoms with Crippen LogP contribution in [-0.4, -0.2) is 66.8 Å². The number of nitrogens with zero attached hydrogens (tertiary/aromatic N) is 2. The molecule has 0 spiro atoms. The molecule has 0 aromatic carbocycles. The first-order chi connectivity index (χ1) is 6.93. The second-order valence-corrected chi connectivity index (χ2v) is 4.55. The van der Waals surface area contributed by atoms with Crippen LogP contribution in [0.4, 0.5) is 0 Å². The standard InChI is InChI=1S/C11H27N3O/c1-6-14(9(2)7-13(4)5)11(8-15)10(3)12/h9-11,15H,6-8,12H2,1-5H3. The van der Waals surface area contributed by atoms with E-state index in [0.717, 1.165) is 13.1 Å². The molecule has 0 radical (unpaired) electrons. The highest BCUT2D eigenvalue weighted by molar-refractivity contribution is 4.82. The molecule has 0 saturated carbocycles. The largest absolute Gasteiger partial charge is 0.395 e. The molecule has 0 aliphatic carbocycles. The molecule has 0 bridgehead atoms. The molecule has 0 rings (SSSR count). The van der Waals surface area contributed by atoms with Crippen molar-refractivity contribution in [1.29, 1.82) is 0 Å². The normalized spacial score (nSPS) is 18.2. The third-order valence-corrected chi connectivity index (χ3v) is 2.78. The molecular weight excluding hydrogens is 190 g/mol. The van der Waals surface area contributed by atoms with Gasteiger partial charge in [-0.3, -0.25) is 4.90 Å². The first-order valence-electron chi connectivity index (χ1n) is 5.70. The summed E-state index contributed by atoms with van der Waals surface area (Å²) in [5.74, 6) is 0. The minimum atomic E-state index is -0.000405. The Morgan fingerprint density at radius 1 is 1.27 bits per heavy atom. The van der Waals surface area contributed by atoms with Crippen LogP contribution < -0.4 is 5.73 Å². The molecule has 3 atom stereocenters. The minimum absolute atomic E-state index is 0.000405. The third-order valence-electron chi connectivity index (χ3n) is 2.78. The summed E-state index contributed by atoms with van der Waals surface area (Å²) in [5.41, 5.74) is 5.88. The lowest BCUT2D eigenvalue weighted by Gasteiger charge is -2.37. The molecule has 3 N–H and O–H groups in total. The lowest BCUT2D eigenvalue weighted by molar-refractivity contribution is 0.0699. The number of hydrogen-bond donors (Lipinski definition) is 2. The number of hydrogen-bond acceptors (Lipinski definition) is 4. The molecule has 0 saturated heterocycles. The van der Waals surface area contributed by atoms with Gasteiger partial charge in [0.2, 0.25) is 0 Å². The van der Waals surface area contributed by atoms with Gasteiger partial charge in [-0.2, -0.15) is 0 Å². The van der Waals surface area contributed by atoms with Crippen molar-refractivity contribution in [3.8, 4) is 0 Å². The molecule has 0 fully saturated rings. The van der Waals surface area contributed by atoms with Crippen molar-refractivity contribution < 1.29 is 5.11 Å². The summed E-state index contributed by atoms with van der Waals surface area (Å²) < 4.78 is 0. The maximum Gasteiger partial charge on any atom is 0.0601 e. The Labute approximate surface area is 94.0 Å². The van der Waals surface area contributed by atoms with E-state index in [1.54, 1.807) is 0 Å². The maximum absolute atomic E-state index is 9.35. The first kappa shape index (κ1) is 14.8. The average molecular weight is 217 g/mol. The smallest absolute Gasteiger partial charge is 0.0601 e. The van der Waals surface area contributed by atoms with Crippen molar-refractivity contribution in [1.82, 2.24) is 9.80 Å². The van der Waals surface area contributed by atoms with Gasteiger partial charge in [-0.1, -0.05) is 6.92 Å². The quantitative estimate of drug-likeness (QED) is 0.629. The van der Waals surface area contributed by atoms with E-state index in [2.05, 4.69) is 37.7 Å². The monoisotopic (exact) mass is 217 g/mol. The predicted molar refractivity (Wildman–Crippen MR) is 64.9 cm³/mol. The fourth-order valence-electron chi connectivity index (χ4n) is 2.08. The Morgan fingerprint density at radius 3 is 2.07 bits per heavy atom. The second-order valence-electron chi connectivity index (χ2n) is 4.55. The molecule has 15 heavy (non-hydrogen) atoms. The first-order valence-corrected chi connectivity index (χ1v) is 5.70. The van der Waals surface area contributed by atoms with Crippen molar-refractivity contribution in [2.45, 2.75) is 38.9 Å². The maximum atomic E-state index is 9.35. The van der Waals surface area contributed by atoms with Gasteiger partial charge in [0, 0.05) is 24.7 Å². The van der Waals surface area contributed by atoms with E-state index in [1.165, 1.54) is 0 Å². The molecule has 92 valence electrons.